The summed E-state index contributed by atoms with van der Waals surface area (Å²) in [6, 6.07) is 6.89. The van der Waals surface area contributed by atoms with Crippen LogP contribution in [0.15, 0.2) is 53.2 Å². The summed E-state index contributed by atoms with van der Waals surface area (Å²) in [5, 5.41) is 15.6. The largest absolute Gasteiger partial charge is 1.00 e. The molecule has 33 heavy (non-hydrogen) atoms. The van der Waals surface area contributed by atoms with Crippen LogP contribution in [0, 0.1) is 0 Å². The summed E-state index contributed by atoms with van der Waals surface area (Å²) in [6.45, 7) is 0. The number of nitrogens with zero attached hydrogens (tertiary/aromatic N) is 2. The number of aromatic nitrogens is 1. The van der Waals surface area contributed by atoms with Gasteiger partial charge >= 0.3 is 51.4 Å². The number of amides is 2. The van der Waals surface area contributed by atoms with Crippen LogP contribution in [0.3, 0.4) is 0 Å². The maximum absolute atomic E-state index is 12.7. The monoisotopic (exact) mass is 528 g/mol. The SMILES string of the molecule is NC(C(=O)NC1C(=O)N2C(C(=O)[O-])=C(CSC(=O)c3nccs3)CS[C@@H]12)c1ccccc1.[K+]. The quantitative estimate of drug-likeness (QED) is 0.286. The van der Waals surface area contributed by atoms with Crippen LogP contribution in [0.5, 0.6) is 0 Å². The molecule has 3 atom stereocenters. The zero-order chi connectivity index (χ0) is 22.8. The maximum atomic E-state index is 12.7. The van der Waals surface area contributed by atoms with Crippen LogP contribution >= 0.6 is 34.9 Å². The van der Waals surface area contributed by atoms with E-state index >= 15 is 0 Å². The Kier molecular flexibility index (Phi) is 9.34. The second-order valence-electron chi connectivity index (χ2n) is 6.94. The molecule has 1 aromatic carbocycles. The summed E-state index contributed by atoms with van der Waals surface area (Å²) >= 11 is 3.44. The molecule has 0 saturated carbocycles. The summed E-state index contributed by atoms with van der Waals surface area (Å²) in [5.41, 5.74) is 6.77. The molecule has 166 valence electrons. The van der Waals surface area contributed by atoms with Gasteiger partial charge in [-0.1, -0.05) is 42.1 Å². The minimum absolute atomic E-state index is 0. The van der Waals surface area contributed by atoms with Gasteiger partial charge in [-0.15, -0.1) is 23.1 Å². The summed E-state index contributed by atoms with van der Waals surface area (Å²) in [5.74, 6) is -2.19. The van der Waals surface area contributed by atoms with E-state index in [0.29, 0.717) is 16.1 Å². The molecule has 2 aliphatic heterocycles. The van der Waals surface area contributed by atoms with Crippen molar-refractivity contribution in [2.45, 2.75) is 17.5 Å². The fraction of sp³-hybridized carbons (Fsp3) is 0.250. The Bertz CT molecular complexity index is 1100. The second-order valence-corrected chi connectivity index (χ2v) is 9.89. The number of nitrogens with two attached hydrogens (primary N) is 1. The zero-order valence-corrected chi connectivity index (χ0v) is 23.0. The van der Waals surface area contributed by atoms with Crippen molar-refractivity contribution in [3.8, 4) is 0 Å². The normalized spacial score (nSPS) is 20.3. The fourth-order valence-corrected chi connectivity index (χ4v) is 6.36. The van der Waals surface area contributed by atoms with Crippen molar-refractivity contribution in [3.63, 3.8) is 0 Å². The predicted octanol–water partition coefficient (Wildman–Crippen LogP) is -2.88. The molecule has 3 heterocycles. The van der Waals surface area contributed by atoms with E-state index in [1.54, 1.807) is 35.7 Å². The number of carbonyl (C=O) groups is 4. The molecule has 2 aromatic rings. The van der Waals surface area contributed by atoms with Gasteiger partial charge in [-0.05, 0) is 11.1 Å². The third kappa shape index (κ3) is 5.62. The molecule has 0 spiro atoms. The first-order valence-corrected chi connectivity index (χ1v) is 12.4. The minimum atomic E-state index is -1.49. The summed E-state index contributed by atoms with van der Waals surface area (Å²) in [6.07, 6.45) is 1.52. The topological polar surface area (TPSA) is 146 Å². The van der Waals surface area contributed by atoms with E-state index in [9.17, 15) is 24.3 Å². The van der Waals surface area contributed by atoms with Gasteiger partial charge in [0.25, 0.3) is 5.91 Å². The first kappa shape index (κ1) is 26.6. The number of fused-ring (bicyclic) bond motifs is 1. The predicted molar refractivity (Wildman–Crippen MR) is 119 cm³/mol. The molecule has 0 bridgehead atoms. The number of aliphatic carboxylic acids is 1. The molecule has 1 aromatic heterocycles. The smallest absolute Gasteiger partial charge is 0.543 e. The molecule has 9 nitrogen and oxygen atoms in total. The Hall–Kier alpha value is -1.03. The van der Waals surface area contributed by atoms with E-state index in [1.807, 2.05) is 0 Å². The van der Waals surface area contributed by atoms with Gasteiger partial charge in [0, 0.05) is 23.1 Å². The van der Waals surface area contributed by atoms with Gasteiger partial charge in [-0.2, -0.15) is 0 Å². The van der Waals surface area contributed by atoms with Crippen LogP contribution in [0.25, 0.3) is 0 Å². The molecule has 3 N–H and O–H groups in total. The van der Waals surface area contributed by atoms with Crippen LogP contribution in [-0.2, 0) is 14.4 Å². The van der Waals surface area contributed by atoms with Crippen LogP contribution in [-0.4, -0.2) is 55.7 Å². The van der Waals surface area contributed by atoms with Crippen molar-refractivity contribution < 1.29 is 75.7 Å². The number of β-lactam (4-membered cyclic amide) rings is 1. The Morgan fingerprint density at radius 3 is 2.67 bits per heavy atom. The van der Waals surface area contributed by atoms with Crippen molar-refractivity contribution in [2.75, 3.05) is 11.5 Å². The third-order valence-electron chi connectivity index (χ3n) is 4.96. The molecule has 2 amide bonds. The first-order chi connectivity index (χ1) is 15.4. The molecular formula is C20H17KN4O5S3. The van der Waals surface area contributed by atoms with E-state index in [4.69, 9.17) is 5.73 Å². The van der Waals surface area contributed by atoms with E-state index in [2.05, 4.69) is 10.3 Å². The zero-order valence-electron chi connectivity index (χ0n) is 17.4. The van der Waals surface area contributed by atoms with Crippen LogP contribution < -0.4 is 67.5 Å². The van der Waals surface area contributed by atoms with Gasteiger partial charge < -0.3 is 21.0 Å². The molecule has 2 unspecified atom stereocenters. The molecule has 2 aliphatic rings. The average molecular weight is 529 g/mol. The summed E-state index contributed by atoms with van der Waals surface area (Å²) < 4.78 is 0. The van der Waals surface area contributed by atoms with Gasteiger partial charge in [0.05, 0.1) is 11.7 Å². The van der Waals surface area contributed by atoms with Crippen molar-refractivity contribution >= 4 is 57.8 Å². The number of carboxylic acids is 1. The second kappa shape index (κ2) is 11.6. The van der Waals surface area contributed by atoms with Gasteiger partial charge in [0.1, 0.15) is 17.5 Å². The van der Waals surface area contributed by atoms with E-state index in [-0.39, 0.29) is 73.7 Å². The van der Waals surface area contributed by atoms with Crippen molar-refractivity contribution in [2.24, 2.45) is 5.73 Å². The van der Waals surface area contributed by atoms with Crippen LogP contribution in [0.1, 0.15) is 21.4 Å². The first-order valence-electron chi connectivity index (χ1n) is 9.44. The molecule has 4 rings (SSSR count). The Morgan fingerprint density at radius 1 is 1.30 bits per heavy atom. The van der Waals surface area contributed by atoms with Gasteiger partial charge in [0.15, 0.2) is 5.01 Å². The van der Waals surface area contributed by atoms with Crippen LogP contribution in [0.4, 0.5) is 0 Å². The van der Waals surface area contributed by atoms with Crippen molar-refractivity contribution in [3.05, 3.63) is 63.7 Å². The van der Waals surface area contributed by atoms with Gasteiger partial charge in [0.2, 0.25) is 11.0 Å². The third-order valence-corrected chi connectivity index (χ3v) is 8.15. The number of carboxylic acid groups (broad SMARTS) is 1. The van der Waals surface area contributed by atoms with Crippen molar-refractivity contribution in [1.82, 2.24) is 15.2 Å². The number of hydrogen-bond acceptors (Lipinski definition) is 10. The number of benzene rings is 1. The van der Waals surface area contributed by atoms with E-state index in [1.165, 1.54) is 29.3 Å². The molecule has 0 radical (unpaired) electrons. The van der Waals surface area contributed by atoms with Crippen molar-refractivity contribution in [1.29, 1.82) is 0 Å². The van der Waals surface area contributed by atoms with Crippen LogP contribution in [0.2, 0.25) is 0 Å². The Balaban J connectivity index is 0.00000306. The molecule has 13 heteroatoms. The van der Waals surface area contributed by atoms with E-state index < -0.39 is 35.2 Å². The summed E-state index contributed by atoms with van der Waals surface area (Å²) in [4.78, 5) is 54.3. The molecule has 1 fully saturated rings. The summed E-state index contributed by atoms with van der Waals surface area (Å²) in [7, 11) is 0. The van der Waals surface area contributed by atoms with E-state index in [0.717, 1.165) is 16.7 Å². The number of rotatable bonds is 7. The number of thiazole rings is 1. The molecular weight excluding hydrogens is 512 g/mol. The number of nitrogens with one attached hydrogen (secondary N) is 1. The number of carbonyl (C=O) groups excluding carboxylic acids is 4. The van der Waals surface area contributed by atoms with Gasteiger partial charge in [-0.25, -0.2) is 4.98 Å². The maximum Gasteiger partial charge on any atom is 1.00 e. The standard InChI is InChI=1S/C20H18N4O5S3.K/c21-12(10-4-2-1-3-5-10)15(25)23-13-17(26)24-14(19(27)28)11(8-31-18(13)24)9-32-20(29)16-22-6-7-30-16;/h1-7,12-13,18H,8-9,21H2,(H,23,25)(H,27,28);/q;+1/p-1/t12?,13?,18-;/m0./s1. The molecule has 0 aliphatic carbocycles. The Labute approximate surface area is 244 Å². The number of hydrogen-bond donors (Lipinski definition) is 2. The minimum Gasteiger partial charge on any atom is -0.543 e. The van der Waals surface area contributed by atoms with Gasteiger partial charge in [-0.3, -0.25) is 19.3 Å². The number of thioether (sulfide) groups is 2. The average Bonchev–Trinajstić information content (AvgIpc) is 3.35. The Morgan fingerprint density at radius 2 is 2.03 bits per heavy atom. The fourth-order valence-electron chi connectivity index (χ4n) is 3.38. The molecule has 1 saturated heterocycles.